The molecule has 0 heterocycles. The third-order valence-electron chi connectivity index (χ3n) is 5.37. The Hall–Kier alpha value is -2.69. The van der Waals surface area contributed by atoms with Crippen LogP contribution in [0.5, 0.6) is 0 Å². The Morgan fingerprint density at radius 3 is 1.97 bits per heavy atom. The quantitative estimate of drug-likeness (QED) is 0.159. The first-order valence-electron chi connectivity index (χ1n) is 12.1. The number of carboxylic acid groups (broad SMARTS) is 2. The van der Waals surface area contributed by atoms with Crippen molar-refractivity contribution in [2.75, 3.05) is 20.1 Å². The molecule has 0 aliphatic carbocycles. The zero-order chi connectivity index (χ0) is 25.9. The first kappa shape index (κ1) is 31.3. The second-order valence-corrected chi connectivity index (χ2v) is 8.57. The van der Waals surface area contributed by atoms with E-state index >= 15 is 0 Å². The highest BCUT2D eigenvalue weighted by Crippen LogP contribution is 2.10. The lowest BCUT2D eigenvalue weighted by Crippen LogP contribution is -2.50. The van der Waals surface area contributed by atoms with Crippen LogP contribution in [0.15, 0.2) is 0 Å². The summed E-state index contributed by atoms with van der Waals surface area (Å²) in [5, 5.41) is 22.5. The molecule has 0 unspecified atom stereocenters. The van der Waals surface area contributed by atoms with Crippen LogP contribution >= 0.6 is 0 Å². The van der Waals surface area contributed by atoms with Gasteiger partial charge in [0.15, 0.2) is 0 Å². The summed E-state index contributed by atoms with van der Waals surface area (Å²) < 4.78 is 0. The number of likely N-dealkylation sites (N-methyl/N-ethyl adjacent to an activating group) is 1. The first-order chi connectivity index (χ1) is 16.1. The van der Waals surface area contributed by atoms with E-state index in [9.17, 15) is 24.0 Å². The number of aliphatic carboxylic acids is 2. The van der Waals surface area contributed by atoms with Crippen molar-refractivity contribution in [3.05, 3.63) is 0 Å². The number of hydrogen-bond donors (Lipinski definition) is 5. The molecule has 0 aromatic rings. The second kappa shape index (κ2) is 18.7. The minimum Gasteiger partial charge on any atom is -0.481 e. The molecule has 196 valence electrons. The Labute approximate surface area is 201 Å². The van der Waals surface area contributed by atoms with Crippen molar-refractivity contribution in [2.24, 2.45) is 5.73 Å². The highest BCUT2D eigenvalue weighted by Gasteiger charge is 2.25. The topological polar surface area (TPSA) is 179 Å². The van der Waals surface area contributed by atoms with Gasteiger partial charge in [0, 0.05) is 20.0 Å². The second-order valence-electron chi connectivity index (χ2n) is 8.57. The van der Waals surface area contributed by atoms with Gasteiger partial charge < -0.3 is 31.5 Å². The fourth-order valence-corrected chi connectivity index (χ4v) is 3.37. The molecule has 11 heteroatoms. The molecule has 0 aliphatic heterocycles. The fraction of sp³-hybridized carbons (Fsp3) is 0.783. The normalized spacial score (nSPS) is 12.4. The van der Waals surface area contributed by atoms with Crippen LogP contribution in [0, 0.1) is 0 Å². The number of carbonyl (C=O) groups is 5. The number of hydrogen-bond acceptors (Lipinski definition) is 6. The Morgan fingerprint density at radius 2 is 1.44 bits per heavy atom. The minimum absolute atomic E-state index is 0.0894. The molecule has 0 fully saturated rings. The number of nitrogens with two attached hydrogens (primary N) is 1. The van der Waals surface area contributed by atoms with Crippen LogP contribution in [0.1, 0.15) is 84.0 Å². The van der Waals surface area contributed by atoms with E-state index in [1.54, 1.807) is 0 Å². The standard InChI is InChI=1S/C23H42N4O7/c1-3-4-5-6-7-8-9-10-11-12-19(28)25-14-13-17(24)22(32)27(2)16-20(29)26-18(23(33)34)15-21(30)31/h17-18H,3-16,24H2,1-2H3,(H,25,28)(H,26,29)(H,30,31)(H,33,34)/t17-,18-/m0/s1. The van der Waals surface area contributed by atoms with Crippen molar-refractivity contribution in [1.29, 1.82) is 0 Å². The van der Waals surface area contributed by atoms with Gasteiger partial charge in [-0.1, -0.05) is 58.3 Å². The van der Waals surface area contributed by atoms with E-state index in [4.69, 9.17) is 15.9 Å². The molecule has 34 heavy (non-hydrogen) atoms. The third kappa shape index (κ3) is 16.0. The molecule has 0 aromatic heterocycles. The van der Waals surface area contributed by atoms with Gasteiger partial charge in [-0.3, -0.25) is 19.2 Å². The van der Waals surface area contributed by atoms with Crippen LogP contribution in [0.2, 0.25) is 0 Å². The van der Waals surface area contributed by atoms with Crippen molar-refractivity contribution >= 4 is 29.7 Å². The average Bonchev–Trinajstić information content (AvgIpc) is 2.76. The van der Waals surface area contributed by atoms with Crippen molar-refractivity contribution in [1.82, 2.24) is 15.5 Å². The molecular weight excluding hydrogens is 444 g/mol. The van der Waals surface area contributed by atoms with Crippen LogP contribution in [-0.2, 0) is 24.0 Å². The van der Waals surface area contributed by atoms with Gasteiger partial charge in [0.25, 0.3) is 0 Å². The summed E-state index contributed by atoms with van der Waals surface area (Å²) in [5.74, 6) is -4.31. The smallest absolute Gasteiger partial charge is 0.326 e. The predicted molar refractivity (Wildman–Crippen MR) is 127 cm³/mol. The number of amides is 3. The van der Waals surface area contributed by atoms with Crippen molar-refractivity contribution in [3.8, 4) is 0 Å². The monoisotopic (exact) mass is 486 g/mol. The molecule has 0 bridgehead atoms. The number of unbranched alkanes of at least 4 members (excludes halogenated alkanes) is 8. The van der Waals surface area contributed by atoms with Gasteiger partial charge in [-0.25, -0.2) is 4.79 Å². The summed E-state index contributed by atoms with van der Waals surface area (Å²) in [6, 6.07) is -2.54. The minimum atomic E-state index is -1.59. The lowest BCUT2D eigenvalue weighted by Gasteiger charge is -2.22. The molecule has 3 amide bonds. The maximum atomic E-state index is 12.3. The van der Waals surface area contributed by atoms with E-state index in [1.807, 2.05) is 0 Å². The molecular formula is C23H42N4O7. The molecule has 11 nitrogen and oxygen atoms in total. The Kier molecular flexibility index (Phi) is 17.2. The van der Waals surface area contributed by atoms with Gasteiger partial charge in [0.1, 0.15) is 6.04 Å². The predicted octanol–water partition coefficient (Wildman–Crippen LogP) is 1.24. The lowest BCUT2D eigenvalue weighted by atomic mass is 10.1. The summed E-state index contributed by atoms with van der Waals surface area (Å²) in [7, 11) is 1.33. The molecule has 0 rings (SSSR count). The molecule has 0 spiro atoms. The van der Waals surface area contributed by atoms with E-state index < -0.39 is 48.8 Å². The molecule has 0 saturated heterocycles. The average molecular weight is 487 g/mol. The maximum absolute atomic E-state index is 12.3. The maximum Gasteiger partial charge on any atom is 0.326 e. The highest BCUT2D eigenvalue weighted by atomic mass is 16.4. The van der Waals surface area contributed by atoms with Gasteiger partial charge >= 0.3 is 11.9 Å². The van der Waals surface area contributed by atoms with E-state index in [0.717, 1.165) is 24.2 Å². The summed E-state index contributed by atoms with van der Waals surface area (Å²) >= 11 is 0. The van der Waals surface area contributed by atoms with Crippen LogP contribution in [0.4, 0.5) is 0 Å². The van der Waals surface area contributed by atoms with Crippen molar-refractivity contribution < 1.29 is 34.2 Å². The van der Waals surface area contributed by atoms with E-state index in [1.165, 1.54) is 45.6 Å². The van der Waals surface area contributed by atoms with Crippen LogP contribution in [0.25, 0.3) is 0 Å². The molecule has 2 atom stereocenters. The third-order valence-corrected chi connectivity index (χ3v) is 5.37. The lowest BCUT2D eigenvalue weighted by molar-refractivity contribution is -0.147. The Bertz CT molecular complexity index is 657. The van der Waals surface area contributed by atoms with Gasteiger partial charge in [0.2, 0.25) is 17.7 Å². The molecule has 0 saturated carbocycles. The summed E-state index contributed by atoms with van der Waals surface area (Å²) in [6.45, 7) is 1.95. The highest BCUT2D eigenvalue weighted by molar-refractivity contribution is 5.90. The van der Waals surface area contributed by atoms with Gasteiger partial charge in [-0.05, 0) is 12.8 Å². The van der Waals surface area contributed by atoms with Crippen molar-refractivity contribution in [3.63, 3.8) is 0 Å². The van der Waals surface area contributed by atoms with Gasteiger partial charge in [0.05, 0.1) is 19.0 Å². The van der Waals surface area contributed by atoms with Gasteiger partial charge in [-0.2, -0.15) is 0 Å². The first-order valence-corrected chi connectivity index (χ1v) is 12.1. The molecule has 0 radical (unpaired) electrons. The molecule has 6 N–H and O–H groups in total. The number of rotatable bonds is 20. The number of nitrogens with one attached hydrogen (secondary N) is 2. The Morgan fingerprint density at radius 1 is 0.882 bits per heavy atom. The number of nitrogens with zero attached hydrogens (tertiary/aromatic N) is 1. The molecule has 0 aliphatic rings. The number of carbonyl (C=O) groups excluding carboxylic acids is 3. The Balaban J connectivity index is 4.05. The van der Waals surface area contributed by atoms with Crippen LogP contribution in [0.3, 0.4) is 0 Å². The largest absolute Gasteiger partial charge is 0.481 e. The van der Waals surface area contributed by atoms with Crippen LogP contribution < -0.4 is 16.4 Å². The summed E-state index contributed by atoms with van der Waals surface area (Å²) in [4.78, 5) is 58.9. The summed E-state index contributed by atoms with van der Waals surface area (Å²) in [6.07, 6.45) is 10.4. The van der Waals surface area contributed by atoms with E-state index in [0.29, 0.717) is 6.42 Å². The summed E-state index contributed by atoms with van der Waals surface area (Å²) in [5.41, 5.74) is 5.85. The van der Waals surface area contributed by atoms with Crippen LogP contribution in [-0.4, -0.2) is 77.0 Å². The fourth-order valence-electron chi connectivity index (χ4n) is 3.37. The SMILES string of the molecule is CCCCCCCCCCCC(=O)NCC[C@H](N)C(=O)N(C)CC(=O)N[C@@H](CC(=O)O)C(=O)O. The zero-order valence-electron chi connectivity index (χ0n) is 20.5. The van der Waals surface area contributed by atoms with Crippen molar-refractivity contribution in [2.45, 2.75) is 96.1 Å². The molecule has 0 aromatic carbocycles. The number of carboxylic acids is 2. The van der Waals surface area contributed by atoms with E-state index in [2.05, 4.69) is 17.6 Å². The zero-order valence-corrected chi connectivity index (χ0v) is 20.5. The van der Waals surface area contributed by atoms with Gasteiger partial charge in [-0.15, -0.1) is 0 Å². The van der Waals surface area contributed by atoms with E-state index in [-0.39, 0.29) is 18.9 Å².